The molecule has 0 radical (unpaired) electrons. The zero-order valence-electron chi connectivity index (χ0n) is 16.7. The van der Waals surface area contributed by atoms with Crippen LogP contribution in [0, 0.1) is 13.8 Å². The van der Waals surface area contributed by atoms with Crippen LogP contribution in [0.2, 0.25) is 0 Å². The fourth-order valence-electron chi connectivity index (χ4n) is 2.70. The van der Waals surface area contributed by atoms with Crippen LogP contribution >= 0.6 is 0 Å². The first-order valence-electron chi connectivity index (χ1n) is 9.28. The zero-order valence-corrected chi connectivity index (χ0v) is 16.7. The van der Waals surface area contributed by atoms with Crippen LogP contribution in [-0.2, 0) is 0 Å². The standard InChI is InChI=1S/C22H24N4O3/c1-15-6-4-5-7-19(15)26-21-14-20(24-16(2)25-21)22(27)23-12-13-29-18-10-8-17(28-3)9-11-18/h4-11,14H,12-13H2,1-3H3,(H,23,27)(H,24,25,26). The van der Waals surface area contributed by atoms with Crippen LogP contribution in [0.15, 0.2) is 54.6 Å². The number of methoxy groups -OCH3 is 1. The van der Waals surface area contributed by atoms with Crippen molar-refractivity contribution in [3.8, 4) is 11.5 Å². The third-order valence-electron chi connectivity index (χ3n) is 4.19. The fourth-order valence-corrected chi connectivity index (χ4v) is 2.70. The Morgan fingerprint density at radius 1 is 1.00 bits per heavy atom. The number of nitrogens with zero attached hydrogens (tertiary/aromatic N) is 2. The summed E-state index contributed by atoms with van der Waals surface area (Å²) < 4.78 is 10.7. The Hall–Kier alpha value is -3.61. The van der Waals surface area contributed by atoms with Crippen LogP contribution in [-0.4, -0.2) is 36.1 Å². The second-order valence-electron chi connectivity index (χ2n) is 6.41. The van der Waals surface area contributed by atoms with Gasteiger partial charge in [0, 0.05) is 11.8 Å². The van der Waals surface area contributed by atoms with E-state index in [1.165, 1.54) is 0 Å². The van der Waals surface area contributed by atoms with Gasteiger partial charge in [0.15, 0.2) is 0 Å². The molecule has 2 N–H and O–H groups in total. The topological polar surface area (TPSA) is 85.4 Å². The largest absolute Gasteiger partial charge is 0.497 e. The number of amides is 1. The van der Waals surface area contributed by atoms with E-state index < -0.39 is 0 Å². The predicted octanol–water partition coefficient (Wildman–Crippen LogP) is 3.65. The van der Waals surface area contributed by atoms with Crippen LogP contribution in [0.25, 0.3) is 0 Å². The molecule has 7 heteroatoms. The number of carbonyl (C=O) groups is 1. The van der Waals surface area contributed by atoms with Crippen LogP contribution in [0.3, 0.4) is 0 Å². The third kappa shape index (κ3) is 5.68. The first-order valence-corrected chi connectivity index (χ1v) is 9.28. The lowest BCUT2D eigenvalue weighted by molar-refractivity contribution is 0.0941. The SMILES string of the molecule is COc1ccc(OCCNC(=O)c2cc(Nc3ccccc3C)nc(C)n2)cc1. The van der Waals surface area contributed by atoms with Crippen molar-refractivity contribution in [2.75, 3.05) is 25.6 Å². The van der Waals surface area contributed by atoms with Crippen molar-refractivity contribution < 1.29 is 14.3 Å². The molecule has 29 heavy (non-hydrogen) atoms. The minimum Gasteiger partial charge on any atom is -0.497 e. The molecule has 2 aromatic carbocycles. The number of hydrogen-bond acceptors (Lipinski definition) is 6. The number of aromatic nitrogens is 2. The quantitative estimate of drug-likeness (QED) is 0.569. The minimum absolute atomic E-state index is 0.276. The molecule has 0 atom stereocenters. The summed E-state index contributed by atoms with van der Waals surface area (Å²) >= 11 is 0. The summed E-state index contributed by atoms with van der Waals surface area (Å²) in [5, 5.41) is 6.06. The molecule has 0 aliphatic carbocycles. The number of para-hydroxylation sites is 1. The van der Waals surface area contributed by atoms with Gasteiger partial charge in [-0.15, -0.1) is 0 Å². The maximum atomic E-state index is 12.5. The number of hydrogen-bond donors (Lipinski definition) is 2. The van der Waals surface area contributed by atoms with E-state index in [2.05, 4.69) is 20.6 Å². The van der Waals surface area contributed by atoms with Gasteiger partial charge in [0.1, 0.15) is 35.4 Å². The van der Waals surface area contributed by atoms with Crippen molar-refractivity contribution in [1.82, 2.24) is 15.3 Å². The van der Waals surface area contributed by atoms with Crippen LogP contribution in [0.5, 0.6) is 11.5 Å². The van der Waals surface area contributed by atoms with Gasteiger partial charge in [0.2, 0.25) is 0 Å². The number of ether oxygens (including phenoxy) is 2. The number of carbonyl (C=O) groups excluding carboxylic acids is 1. The summed E-state index contributed by atoms with van der Waals surface area (Å²) in [7, 11) is 1.61. The van der Waals surface area contributed by atoms with Crippen molar-refractivity contribution in [2.45, 2.75) is 13.8 Å². The average molecular weight is 392 g/mol. The first-order chi connectivity index (χ1) is 14.0. The highest BCUT2D eigenvalue weighted by Gasteiger charge is 2.11. The lowest BCUT2D eigenvalue weighted by Crippen LogP contribution is -2.29. The van der Waals surface area contributed by atoms with Crippen LogP contribution in [0.4, 0.5) is 11.5 Å². The van der Waals surface area contributed by atoms with Crippen molar-refractivity contribution in [3.05, 3.63) is 71.7 Å². The van der Waals surface area contributed by atoms with Crippen molar-refractivity contribution in [1.29, 1.82) is 0 Å². The maximum absolute atomic E-state index is 12.5. The highest BCUT2D eigenvalue weighted by Crippen LogP contribution is 2.19. The molecule has 0 aliphatic rings. The summed E-state index contributed by atoms with van der Waals surface area (Å²) in [6, 6.07) is 16.8. The Balaban J connectivity index is 1.56. The molecule has 1 amide bonds. The third-order valence-corrected chi connectivity index (χ3v) is 4.19. The Morgan fingerprint density at radius 2 is 1.72 bits per heavy atom. The molecule has 0 bridgehead atoms. The minimum atomic E-state index is -0.276. The predicted molar refractivity (Wildman–Crippen MR) is 112 cm³/mol. The molecule has 0 saturated heterocycles. The van der Waals surface area contributed by atoms with Crippen molar-refractivity contribution >= 4 is 17.4 Å². The van der Waals surface area contributed by atoms with E-state index in [4.69, 9.17) is 9.47 Å². The molecule has 0 saturated carbocycles. The molecular formula is C22H24N4O3. The van der Waals surface area contributed by atoms with Gasteiger partial charge in [-0.05, 0) is 49.7 Å². The summed E-state index contributed by atoms with van der Waals surface area (Å²) in [6.07, 6.45) is 0. The van der Waals surface area contributed by atoms with Crippen molar-refractivity contribution in [2.24, 2.45) is 0 Å². The summed E-state index contributed by atoms with van der Waals surface area (Å²) in [6.45, 7) is 4.46. The number of rotatable bonds is 8. The normalized spacial score (nSPS) is 10.3. The van der Waals surface area contributed by atoms with Gasteiger partial charge >= 0.3 is 0 Å². The van der Waals surface area contributed by atoms with E-state index in [9.17, 15) is 4.79 Å². The number of aryl methyl sites for hydroxylation is 2. The molecular weight excluding hydrogens is 368 g/mol. The van der Waals surface area contributed by atoms with Gasteiger partial charge in [0.05, 0.1) is 13.7 Å². The molecule has 0 fully saturated rings. The second-order valence-corrected chi connectivity index (χ2v) is 6.41. The van der Waals surface area contributed by atoms with E-state index in [1.807, 2.05) is 55.5 Å². The Kier molecular flexibility index (Phi) is 6.63. The Bertz CT molecular complexity index is 974. The molecule has 3 aromatic rings. The summed E-state index contributed by atoms with van der Waals surface area (Å²) in [4.78, 5) is 21.1. The van der Waals surface area contributed by atoms with Gasteiger partial charge in [0.25, 0.3) is 5.91 Å². The summed E-state index contributed by atoms with van der Waals surface area (Å²) in [5.41, 5.74) is 2.33. The molecule has 0 aliphatic heterocycles. The van der Waals surface area contributed by atoms with Gasteiger partial charge in [-0.3, -0.25) is 4.79 Å². The van der Waals surface area contributed by atoms with Gasteiger partial charge in [-0.25, -0.2) is 9.97 Å². The molecule has 0 spiro atoms. The number of nitrogens with one attached hydrogen (secondary N) is 2. The molecule has 1 heterocycles. The molecule has 7 nitrogen and oxygen atoms in total. The Morgan fingerprint density at radius 3 is 2.45 bits per heavy atom. The zero-order chi connectivity index (χ0) is 20.6. The lowest BCUT2D eigenvalue weighted by atomic mass is 10.2. The van der Waals surface area contributed by atoms with E-state index in [0.29, 0.717) is 36.2 Å². The van der Waals surface area contributed by atoms with E-state index in [1.54, 1.807) is 20.1 Å². The lowest BCUT2D eigenvalue weighted by Gasteiger charge is -2.11. The molecule has 0 unspecified atom stereocenters. The number of anilines is 2. The van der Waals surface area contributed by atoms with E-state index in [-0.39, 0.29) is 5.91 Å². The van der Waals surface area contributed by atoms with E-state index >= 15 is 0 Å². The van der Waals surface area contributed by atoms with Gasteiger partial charge in [-0.1, -0.05) is 18.2 Å². The summed E-state index contributed by atoms with van der Waals surface area (Å²) in [5.74, 6) is 2.29. The molecule has 3 rings (SSSR count). The average Bonchev–Trinajstić information content (AvgIpc) is 2.73. The monoisotopic (exact) mass is 392 g/mol. The molecule has 150 valence electrons. The van der Waals surface area contributed by atoms with E-state index in [0.717, 1.165) is 17.0 Å². The smallest absolute Gasteiger partial charge is 0.270 e. The number of benzene rings is 2. The van der Waals surface area contributed by atoms with Gasteiger partial charge < -0.3 is 20.1 Å². The highest BCUT2D eigenvalue weighted by atomic mass is 16.5. The van der Waals surface area contributed by atoms with Crippen LogP contribution in [0.1, 0.15) is 21.9 Å². The molecule has 1 aromatic heterocycles. The Labute approximate surface area is 170 Å². The fraction of sp³-hybridized carbons (Fsp3) is 0.227. The maximum Gasteiger partial charge on any atom is 0.270 e. The van der Waals surface area contributed by atoms with Crippen molar-refractivity contribution in [3.63, 3.8) is 0 Å². The van der Waals surface area contributed by atoms with Gasteiger partial charge in [-0.2, -0.15) is 0 Å². The highest BCUT2D eigenvalue weighted by molar-refractivity contribution is 5.93. The van der Waals surface area contributed by atoms with Crippen LogP contribution < -0.4 is 20.1 Å². The first kappa shape index (κ1) is 20.1. The second kappa shape index (κ2) is 9.54.